The van der Waals surface area contributed by atoms with Gasteiger partial charge in [-0.05, 0) is 23.1 Å². The van der Waals surface area contributed by atoms with Crippen LogP contribution in [-0.4, -0.2) is 60.8 Å². The third-order valence-electron chi connectivity index (χ3n) is 6.66. The van der Waals surface area contributed by atoms with E-state index in [0.717, 1.165) is 67.1 Å². The van der Waals surface area contributed by atoms with Gasteiger partial charge >= 0.3 is 0 Å². The third-order valence-corrected chi connectivity index (χ3v) is 6.66. The van der Waals surface area contributed by atoms with Crippen molar-refractivity contribution >= 4 is 17.4 Å². The molecule has 0 N–H and O–H groups in total. The largest absolute Gasteiger partial charge is 0.504 e. The minimum absolute atomic E-state index is 0.153. The van der Waals surface area contributed by atoms with Crippen LogP contribution in [0.25, 0.3) is 4.85 Å². The van der Waals surface area contributed by atoms with Crippen molar-refractivity contribution in [3.63, 3.8) is 0 Å². The van der Waals surface area contributed by atoms with Crippen LogP contribution in [0.5, 0.6) is 5.75 Å². The lowest BCUT2D eigenvalue weighted by Crippen LogP contribution is -2.50. The molecule has 5 rings (SSSR count). The molecular formula is C25H25N3O3. The number of aryl methyl sites for hydroxylation is 1. The number of ketones is 1. The number of carbonyl (C=O) groups is 2. The van der Waals surface area contributed by atoms with E-state index in [1.54, 1.807) is 6.07 Å². The molecule has 0 radical (unpaired) electrons. The van der Waals surface area contributed by atoms with Crippen LogP contribution in [-0.2, 0) is 17.6 Å². The summed E-state index contributed by atoms with van der Waals surface area (Å²) in [7, 11) is 0. The van der Waals surface area contributed by atoms with Crippen molar-refractivity contribution in [3.8, 4) is 5.75 Å². The number of fused-ring (bicyclic) bond motifs is 2. The summed E-state index contributed by atoms with van der Waals surface area (Å²) in [5, 5.41) is 0. The average Bonchev–Trinajstić information content (AvgIpc) is 3.37. The fourth-order valence-corrected chi connectivity index (χ4v) is 4.93. The average molecular weight is 415 g/mol. The minimum atomic E-state index is 0.153. The van der Waals surface area contributed by atoms with E-state index in [-0.39, 0.29) is 17.6 Å². The van der Waals surface area contributed by atoms with Gasteiger partial charge in [-0.1, -0.05) is 36.4 Å². The van der Waals surface area contributed by atoms with Gasteiger partial charge in [-0.25, -0.2) is 4.85 Å². The van der Waals surface area contributed by atoms with Crippen LogP contribution in [0.1, 0.15) is 39.4 Å². The summed E-state index contributed by atoms with van der Waals surface area (Å²) in [5.41, 5.74) is 4.62. The van der Waals surface area contributed by atoms with Crippen LogP contribution in [0, 0.1) is 6.57 Å². The van der Waals surface area contributed by atoms with Crippen LogP contribution in [0.4, 0.5) is 5.69 Å². The quantitative estimate of drug-likeness (QED) is 0.720. The van der Waals surface area contributed by atoms with E-state index in [9.17, 15) is 9.59 Å². The molecule has 1 fully saturated rings. The number of hydrogen-bond acceptors (Lipinski definition) is 4. The molecule has 1 aliphatic carbocycles. The van der Waals surface area contributed by atoms with Crippen molar-refractivity contribution in [2.24, 2.45) is 0 Å². The maximum absolute atomic E-state index is 12.8. The van der Waals surface area contributed by atoms with Crippen LogP contribution < -0.4 is 4.74 Å². The first-order chi connectivity index (χ1) is 15.1. The van der Waals surface area contributed by atoms with Crippen molar-refractivity contribution in [1.29, 1.82) is 0 Å². The number of carbonyl (C=O) groups excluding carboxylic acids is 2. The molecule has 0 saturated carbocycles. The standard InChI is InChI=1S/C25H25N3O3/c1-26-22-4-2-3-21-19(16-31-25(21)22)15-27-9-11-28(12-10-27)24(30)14-17-5-7-20-18(13-17)6-8-23(20)29/h2-5,7,13,19H,6,8-12,14-16H2. The molecule has 3 aliphatic rings. The summed E-state index contributed by atoms with van der Waals surface area (Å²) < 4.78 is 5.81. The zero-order chi connectivity index (χ0) is 21.4. The van der Waals surface area contributed by atoms with E-state index in [1.165, 1.54) is 0 Å². The smallest absolute Gasteiger partial charge is 0.228 e. The fourth-order valence-electron chi connectivity index (χ4n) is 4.93. The van der Waals surface area contributed by atoms with Gasteiger partial charge in [0.05, 0.1) is 19.6 Å². The second-order valence-corrected chi connectivity index (χ2v) is 8.59. The molecule has 2 aromatic rings. The second kappa shape index (κ2) is 8.16. The molecule has 1 saturated heterocycles. The van der Waals surface area contributed by atoms with Crippen LogP contribution in [0.15, 0.2) is 36.4 Å². The SMILES string of the molecule is [C-]#[N+]c1cccc2c1OCC2CN1CCN(C(=O)Cc2ccc3c(c2)CCC3=O)CC1. The molecule has 0 aromatic heterocycles. The summed E-state index contributed by atoms with van der Waals surface area (Å²) in [5.74, 6) is 1.38. The Balaban J connectivity index is 1.15. The summed E-state index contributed by atoms with van der Waals surface area (Å²) >= 11 is 0. The van der Waals surface area contributed by atoms with Gasteiger partial charge in [-0.2, -0.15) is 0 Å². The topological polar surface area (TPSA) is 54.2 Å². The van der Waals surface area contributed by atoms with Crippen molar-refractivity contribution in [1.82, 2.24) is 9.80 Å². The van der Waals surface area contributed by atoms with Gasteiger partial charge in [0, 0.05) is 50.6 Å². The lowest BCUT2D eigenvalue weighted by molar-refractivity contribution is -0.132. The molecule has 2 aliphatic heterocycles. The van der Waals surface area contributed by atoms with Crippen molar-refractivity contribution in [3.05, 3.63) is 70.1 Å². The van der Waals surface area contributed by atoms with Gasteiger partial charge < -0.3 is 9.64 Å². The highest BCUT2D eigenvalue weighted by Gasteiger charge is 2.30. The molecule has 1 unspecified atom stereocenters. The Kier molecular flexibility index (Phi) is 5.21. The van der Waals surface area contributed by atoms with Crippen LogP contribution >= 0.6 is 0 Å². The Hall–Kier alpha value is -3.17. The summed E-state index contributed by atoms with van der Waals surface area (Å²) in [6.07, 6.45) is 1.77. The Morgan fingerprint density at radius 3 is 2.77 bits per heavy atom. The Morgan fingerprint density at radius 2 is 1.97 bits per heavy atom. The molecular weight excluding hydrogens is 390 g/mol. The molecule has 2 aromatic carbocycles. The first kappa shape index (κ1) is 19.8. The number of hydrogen-bond donors (Lipinski definition) is 0. The predicted octanol–water partition coefficient (Wildman–Crippen LogP) is 3.23. The highest BCUT2D eigenvalue weighted by atomic mass is 16.5. The molecule has 6 heteroatoms. The highest BCUT2D eigenvalue weighted by molar-refractivity contribution is 6.00. The first-order valence-electron chi connectivity index (χ1n) is 10.9. The zero-order valence-electron chi connectivity index (χ0n) is 17.5. The maximum atomic E-state index is 12.8. The van der Waals surface area contributed by atoms with Crippen LogP contribution in [0.3, 0.4) is 0 Å². The minimum Gasteiger partial charge on any atom is -0.504 e. The summed E-state index contributed by atoms with van der Waals surface area (Å²) in [6, 6.07) is 11.6. The Bertz CT molecular complexity index is 1080. The van der Waals surface area contributed by atoms with Gasteiger partial charge in [-0.3, -0.25) is 14.5 Å². The highest BCUT2D eigenvalue weighted by Crippen LogP contribution is 2.41. The number of para-hydroxylation sites is 1. The number of Topliss-reactive ketones (excluding diaryl/α,β-unsaturated/α-hetero) is 1. The van der Waals surface area contributed by atoms with E-state index in [2.05, 4.69) is 15.8 Å². The second-order valence-electron chi connectivity index (χ2n) is 8.59. The molecule has 1 atom stereocenters. The third kappa shape index (κ3) is 3.82. The van der Waals surface area contributed by atoms with Crippen molar-refractivity contribution in [2.75, 3.05) is 39.3 Å². The molecule has 158 valence electrons. The molecule has 31 heavy (non-hydrogen) atoms. The molecule has 2 heterocycles. The number of piperazine rings is 1. The molecule has 0 bridgehead atoms. The molecule has 0 spiro atoms. The maximum Gasteiger partial charge on any atom is 0.228 e. The number of amides is 1. The Morgan fingerprint density at radius 1 is 1.13 bits per heavy atom. The van der Waals surface area contributed by atoms with Crippen molar-refractivity contribution in [2.45, 2.75) is 25.2 Å². The van der Waals surface area contributed by atoms with E-state index < -0.39 is 0 Å². The van der Waals surface area contributed by atoms with Crippen LogP contribution in [0.2, 0.25) is 0 Å². The lowest BCUT2D eigenvalue weighted by atomic mass is 9.99. The van der Waals surface area contributed by atoms with E-state index in [0.29, 0.717) is 25.1 Å². The number of rotatable bonds is 4. The summed E-state index contributed by atoms with van der Waals surface area (Å²) in [6.45, 7) is 11.9. The van der Waals surface area contributed by atoms with Crippen molar-refractivity contribution < 1.29 is 14.3 Å². The van der Waals surface area contributed by atoms with Gasteiger partial charge in [0.15, 0.2) is 5.78 Å². The van der Waals surface area contributed by atoms with Gasteiger partial charge in [0.25, 0.3) is 0 Å². The number of ether oxygens (including phenoxy) is 1. The van der Waals surface area contributed by atoms with Gasteiger partial charge in [0.1, 0.15) is 5.75 Å². The van der Waals surface area contributed by atoms with E-state index in [1.807, 2.05) is 29.2 Å². The van der Waals surface area contributed by atoms with E-state index >= 15 is 0 Å². The first-order valence-corrected chi connectivity index (χ1v) is 10.9. The van der Waals surface area contributed by atoms with E-state index in [4.69, 9.17) is 11.3 Å². The monoisotopic (exact) mass is 415 g/mol. The molecule has 1 amide bonds. The molecule has 6 nitrogen and oxygen atoms in total. The van der Waals surface area contributed by atoms with Gasteiger partial charge in [-0.15, -0.1) is 0 Å². The van der Waals surface area contributed by atoms with Gasteiger partial charge in [0.2, 0.25) is 11.6 Å². The Labute approximate surface area is 182 Å². The lowest BCUT2D eigenvalue weighted by Gasteiger charge is -2.36. The number of nitrogens with zero attached hydrogens (tertiary/aromatic N) is 3. The zero-order valence-corrected chi connectivity index (χ0v) is 17.5. The predicted molar refractivity (Wildman–Crippen MR) is 117 cm³/mol. The fraction of sp³-hybridized carbons (Fsp3) is 0.400. The normalized spacial score (nSPS) is 20.2. The number of benzene rings is 2. The summed E-state index contributed by atoms with van der Waals surface area (Å²) in [4.78, 5) is 32.5.